The van der Waals surface area contributed by atoms with Gasteiger partial charge in [0.1, 0.15) is 17.3 Å². The second-order valence-corrected chi connectivity index (χ2v) is 12.7. The molecule has 1 atom stereocenters. The first-order valence-corrected chi connectivity index (χ1v) is 14.4. The van der Waals surface area contributed by atoms with Gasteiger partial charge >= 0.3 is 0 Å². The third kappa shape index (κ3) is 5.10. The standard InChI is InChI=1S/C29H31F2N3O5S/c1-28(2,3)32-40(37,38)21-10-8-20(9-11-21)29(36)22-6-4-5-7-25(22)34(27(29)35)18-19-16-23(30)26(24(31)17-19)33-12-14-39-15-13-33/h4-11,16-17,32,36H,12-15,18H2,1-3H3. The van der Waals surface area contributed by atoms with E-state index in [1.165, 1.54) is 41.3 Å². The second kappa shape index (κ2) is 10.2. The molecule has 0 radical (unpaired) electrons. The topological polar surface area (TPSA) is 99.2 Å². The van der Waals surface area contributed by atoms with Crippen LogP contribution in [0, 0.1) is 11.6 Å². The molecule has 3 aromatic rings. The van der Waals surface area contributed by atoms with E-state index in [0.717, 1.165) is 0 Å². The number of rotatable bonds is 6. The van der Waals surface area contributed by atoms with E-state index < -0.39 is 38.7 Å². The minimum absolute atomic E-state index is 0.0170. The highest BCUT2D eigenvalue weighted by Gasteiger charge is 2.51. The lowest BCUT2D eigenvalue weighted by Gasteiger charge is -2.30. The van der Waals surface area contributed by atoms with Gasteiger partial charge < -0.3 is 19.6 Å². The smallest absolute Gasteiger partial charge is 0.268 e. The summed E-state index contributed by atoms with van der Waals surface area (Å²) in [6, 6.07) is 14.5. The van der Waals surface area contributed by atoms with E-state index in [1.54, 1.807) is 49.9 Å². The highest BCUT2D eigenvalue weighted by atomic mass is 32.2. The van der Waals surface area contributed by atoms with Gasteiger partial charge in [-0.15, -0.1) is 0 Å². The number of nitrogens with zero attached hydrogens (tertiary/aromatic N) is 2. The summed E-state index contributed by atoms with van der Waals surface area (Å²) in [5, 5.41) is 11.8. The molecule has 40 heavy (non-hydrogen) atoms. The minimum Gasteiger partial charge on any atom is -0.378 e. The number of amides is 1. The van der Waals surface area contributed by atoms with Crippen LogP contribution >= 0.6 is 0 Å². The Morgan fingerprint density at radius 1 is 1.00 bits per heavy atom. The number of benzene rings is 3. The van der Waals surface area contributed by atoms with Crippen molar-refractivity contribution in [2.24, 2.45) is 0 Å². The lowest BCUT2D eigenvalue weighted by atomic mass is 9.87. The number of aliphatic hydroxyl groups is 1. The van der Waals surface area contributed by atoms with Crippen LogP contribution in [-0.4, -0.2) is 51.3 Å². The number of halogens is 2. The summed E-state index contributed by atoms with van der Waals surface area (Å²) < 4.78 is 63.5. The number of fused-ring (bicyclic) bond motifs is 1. The van der Waals surface area contributed by atoms with Gasteiger partial charge in [-0.1, -0.05) is 30.3 Å². The number of carbonyl (C=O) groups excluding carboxylic acids is 1. The average molecular weight is 572 g/mol. The van der Waals surface area contributed by atoms with E-state index in [0.29, 0.717) is 32.0 Å². The summed E-state index contributed by atoms with van der Waals surface area (Å²) in [6.45, 7) is 6.46. The highest BCUT2D eigenvalue weighted by Crippen LogP contribution is 2.45. The number of sulfonamides is 1. The molecule has 0 bridgehead atoms. The van der Waals surface area contributed by atoms with Crippen LogP contribution < -0.4 is 14.5 Å². The molecule has 5 rings (SSSR count). The van der Waals surface area contributed by atoms with Gasteiger partial charge in [0.05, 0.1) is 30.3 Å². The molecular formula is C29H31F2N3O5S. The fourth-order valence-corrected chi connectivity index (χ4v) is 6.61. The van der Waals surface area contributed by atoms with Crippen LogP contribution in [0.25, 0.3) is 0 Å². The Morgan fingerprint density at radius 2 is 1.60 bits per heavy atom. The van der Waals surface area contributed by atoms with Crippen molar-refractivity contribution in [1.29, 1.82) is 0 Å². The van der Waals surface area contributed by atoms with E-state index >= 15 is 8.78 Å². The van der Waals surface area contributed by atoms with Crippen molar-refractivity contribution in [2.45, 2.75) is 43.4 Å². The highest BCUT2D eigenvalue weighted by molar-refractivity contribution is 7.89. The molecule has 3 aromatic carbocycles. The molecule has 1 saturated heterocycles. The van der Waals surface area contributed by atoms with Crippen molar-refractivity contribution in [2.75, 3.05) is 36.1 Å². The zero-order chi connectivity index (χ0) is 28.9. The van der Waals surface area contributed by atoms with Gasteiger partial charge in [-0.05, 0) is 62.2 Å². The molecule has 2 aliphatic rings. The molecule has 0 aliphatic carbocycles. The monoisotopic (exact) mass is 571 g/mol. The van der Waals surface area contributed by atoms with Crippen molar-refractivity contribution in [3.63, 3.8) is 0 Å². The number of hydrogen-bond donors (Lipinski definition) is 2. The van der Waals surface area contributed by atoms with E-state index in [-0.39, 0.29) is 33.8 Å². The molecule has 2 heterocycles. The summed E-state index contributed by atoms with van der Waals surface area (Å²) in [7, 11) is -3.83. The van der Waals surface area contributed by atoms with E-state index in [2.05, 4.69) is 4.72 Å². The molecule has 0 aromatic heterocycles. The summed E-state index contributed by atoms with van der Waals surface area (Å²) in [4.78, 5) is 16.6. The second-order valence-electron chi connectivity index (χ2n) is 11.0. The Labute approximate surface area is 232 Å². The first-order valence-electron chi connectivity index (χ1n) is 12.9. The Bertz CT molecular complexity index is 1530. The van der Waals surface area contributed by atoms with Crippen LogP contribution in [0.3, 0.4) is 0 Å². The van der Waals surface area contributed by atoms with Gasteiger partial charge in [-0.2, -0.15) is 0 Å². The summed E-state index contributed by atoms with van der Waals surface area (Å²) in [5.74, 6) is -2.20. The Hall–Kier alpha value is -3.38. The maximum absolute atomic E-state index is 15.1. The number of anilines is 2. The van der Waals surface area contributed by atoms with Crippen LogP contribution in [0.2, 0.25) is 0 Å². The van der Waals surface area contributed by atoms with Gasteiger partial charge in [0.2, 0.25) is 10.0 Å². The third-order valence-corrected chi connectivity index (χ3v) is 8.68. The van der Waals surface area contributed by atoms with Gasteiger partial charge in [0.25, 0.3) is 5.91 Å². The van der Waals surface area contributed by atoms with Crippen LogP contribution in [0.5, 0.6) is 0 Å². The SMILES string of the molecule is CC(C)(C)NS(=O)(=O)c1ccc(C2(O)C(=O)N(Cc3cc(F)c(N4CCOCC4)c(F)c3)c3ccccc32)cc1. The molecule has 1 amide bonds. The lowest BCUT2D eigenvalue weighted by Crippen LogP contribution is -2.41. The number of morpholine rings is 1. The minimum atomic E-state index is -3.83. The number of para-hydroxylation sites is 1. The molecule has 1 fully saturated rings. The van der Waals surface area contributed by atoms with Crippen LogP contribution in [-0.2, 0) is 31.7 Å². The lowest BCUT2D eigenvalue weighted by molar-refractivity contribution is -0.132. The molecule has 1 unspecified atom stereocenters. The van der Waals surface area contributed by atoms with Crippen molar-refractivity contribution >= 4 is 27.3 Å². The third-order valence-electron chi connectivity index (χ3n) is 6.91. The predicted octanol–water partition coefficient (Wildman–Crippen LogP) is 3.66. The first kappa shape index (κ1) is 28.2. The number of hydrogen-bond acceptors (Lipinski definition) is 6. The van der Waals surface area contributed by atoms with Gasteiger partial charge in [0.15, 0.2) is 5.60 Å². The quantitative estimate of drug-likeness (QED) is 0.469. The molecule has 0 spiro atoms. The zero-order valence-electron chi connectivity index (χ0n) is 22.4. The largest absolute Gasteiger partial charge is 0.378 e. The van der Waals surface area contributed by atoms with Crippen LogP contribution in [0.1, 0.15) is 37.5 Å². The van der Waals surface area contributed by atoms with Crippen LogP contribution in [0.15, 0.2) is 65.6 Å². The Balaban J connectivity index is 1.47. The van der Waals surface area contributed by atoms with E-state index in [9.17, 15) is 18.3 Å². The fourth-order valence-electron chi connectivity index (χ4n) is 5.19. The maximum Gasteiger partial charge on any atom is 0.268 e. The molecular weight excluding hydrogens is 540 g/mol. The van der Waals surface area contributed by atoms with E-state index in [1.807, 2.05) is 0 Å². The zero-order valence-corrected chi connectivity index (χ0v) is 23.3. The summed E-state index contributed by atoms with van der Waals surface area (Å²) >= 11 is 0. The molecule has 212 valence electrons. The van der Waals surface area contributed by atoms with Gasteiger partial charge in [-0.25, -0.2) is 21.9 Å². The molecule has 11 heteroatoms. The van der Waals surface area contributed by atoms with Gasteiger partial charge in [-0.3, -0.25) is 4.79 Å². The van der Waals surface area contributed by atoms with Crippen molar-refractivity contribution in [3.8, 4) is 0 Å². The molecule has 0 saturated carbocycles. The number of ether oxygens (including phenoxy) is 1. The fraction of sp³-hybridized carbons (Fsp3) is 0.345. The van der Waals surface area contributed by atoms with Crippen molar-refractivity contribution in [1.82, 2.24) is 4.72 Å². The maximum atomic E-state index is 15.1. The predicted molar refractivity (Wildman–Crippen MR) is 147 cm³/mol. The molecule has 2 aliphatic heterocycles. The molecule has 2 N–H and O–H groups in total. The molecule has 8 nitrogen and oxygen atoms in total. The Morgan fingerprint density at radius 3 is 2.20 bits per heavy atom. The van der Waals surface area contributed by atoms with Crippen molar-refractivity contribution in [3.05, 3.63) is 89.0 Å². The van der Waals surface area contributed by atoms with E-state index in [4.69, 9.17) is 4.74 Å². The summed E-state index contributed by atoms with van der Waals surface area (Å²) in [6.07, 6.45) is 0. The number of nitrogens with one attached hydrogen (secondary N) is 1. The van der Waals surface area contributed by atoms with Crippen molar-refractivity contribution < 1.29 is 31.8 Å². The summed E-state index contributed by atoms with van der Waals surface area (Å²) in [5.41, 5.74) is -1.89. The first-order chi connectivity index (χ1) is 18.8. The normalized spacial score (nSPS) is 19.7. The van der Waals surface area contributed by atoms with Gasteiger partial charge in [0, 0.05) is 24.2 Å². The van der Waals surface area contributed by atoms with Crippen LogP contribution in [0.4, 0.5) is 20.2 Å². The average Bonchev–Trinajstić information content (AvgIpc) is 3.10. The number of carbonyl (C=O) groups is 1. The Kier molecular flexibility index (Phi) is 7.20.